The lowest BCUT2D eigenvalue weighted by molar-refractivity contribution is -0.384. The molecular formula is C19H23N3O5S. The van der Waals surface area contributed by atoms with Gasteiger partial charge in [-0.05, 0) is 31.9 Å². The Kier molecular flexibility index (Phi) is 6.40. The molecule has 0 radical (unpaired) electrons. The van der Waals surface area contributed by atoms with Crippen LogP contribution in [0.2, 0.25) is 0 Å². The summed E-state index contributed by atoms with van der Waals surface area (Å²) >= 11 is 0. The van der Waals surface area contributed by atoms with Crippen LogP contribution < -0.4 is 9.62 Å². The minimum Gasteiger partial charge on any atom is -0.350 e. The number of rotatable bonds is 7. The molecule has 2 aromatic carbocycles. The summed E-state index contributed by atoms with van der Waals surface area (Å²) in [4.78, 5) is 23.1. The fourth-order valence-corrected chi connectivity index (χ4v) is 4.11. The molecule has 0 saturated heterocycles. The number of hydrogen-bond donors (Lipinski definition) is 1. The summed E-state index contributed by atoms with van der Waals surface area (Å²) < 4.78 is 25.7. The number of carbonyl (C=O) groups excluding carboxylic acids is 1. The van der Waals surface area contributed by atoms with E-state index >= 15 is 0 Å². The molecule has 28 heavy (non-hydrogen) atoms. The number of nitrogens with zero attached hydrogens (tertiary/aromatic N) is 2. The third-order valence-corrected chi connectivity index (χ3v) is 5.51. The Labute approximate surface area is 164 Å². The van der Waals surface area contributed by atoms with Gasteiger partial charge in [0.1, 0.15) is 6.04 Å². The van der Waals surface area contributed by atoms with E-state index in [4.69, 9.17) is 0 Å². The number of hydrogen-bond acceptors (Lipinski definition) is 5. The number of non-ortho nitro benzene ring substituents is 1. The van der Waals surface area contributed by atoms with Crippen LogP contribution in [0.25, 0.3) is 0 Å². The van der Waals surface area contributed by atoms with E-state index in [0.29, 0.717) is 5.56 Å². The van der Waals surface area contributed by atoms with Gasteiger partial charge in [0.25, 0.3) is 5.69 Å². The molecule has 0 bridgehead atoms. The minimum atomic E-state index is -3.87. The highest BCUT2D eigenvalue weighted by molar-refractivity contribution is 7.92. The summed E-state index contributed by atoms with van der Waals surface area (Å²) in [6.07, 6.45) is 0.968. The van der Waals surface area contributed by atoms with E-state index in [9.17, 15) is 23.3 Å². The van der Waals surface area contributed by atoms with Crippen molar-refractivity contribution in [1.29, 1.82) is 0 Å². The predicted octanol–water partition coefficient (Wildman–Crippen LogP) is 2.68. The number of benzene rings is 2. The zero-order valence-corrected chi connectivity index (χ0v) is 17.0. The molecule has 2 rings (SSSR count). The maximum Gasteiger partial charge on any atom is 0.271 e. The van der Waals surface area contributed by atoms with Crippen LogP contribution in [-0.4, -0.2) is 31.5 Å². The van der Waals surface area contributed by atoms with Crippen molar-refractivity contribution in [3.8, 4) is 0 Å². The van der Waals surface area contributed by atoms with Crippen LogP contribution >= 0.6 is 0 Å². The fraction of sp³-hybridized carbons (Fsp3) is 0.316. The second-order valence-electron chi connectivity index (χ2n) is 6.67. The first-order valence-electron chi connectivity index (χ1n) is 8.58. The summed E-state index contributed by atoms with van der Waals surface area (Å²) in [6.45, 7) is 5.26. The number of amides is 1. The Balaban J connectivity index is 2.31. The van der Waals surface area contributed by atoms with Gasteiger partial charge < -0.3 is 5.32 Å². The Morgan fingerprint density at radius 2 is 1.89 bits per heavy atom. The maximum absolute atomic E-state index is 12.6. The second kappa shape index (κ2) is 8.39. The second-order valence-corrected chi connectivity index (χ2v) is 8.53. The van der Waals surface area contributed by atoms with Crippen LogP contribution in [-0.2, 0) is 21.4 Å². The molecule has 0 aliphatic heterocycles. The van der Waals surface area contributed by atoms with E-state index in [0.717, 1.165) is 21.7 Å². The standard InChI is InChI=1S/C19H23N3O5S/c1-13-6-5-7-16(10-13)12-20-19(23)15(3)21(28(4,26)27)18-11-17(22(24)25)9-8-14(18)2/h5-11,15H,12H2,1-4H3,(H,20,23)/t15-/m0/s1. The molecule has 0 aromatic heterocycles. The summed E-state index contributed by atoms with van der Waals surface area (Å²) in [5.74, 6) is -0.502. The molecule has 150 valence electrons. The smallest absolute Gasteiger partial charge is 0.271 e. The van der Waals surface area contributed by atoms with E-state index in [1.807, 2.05) is 31.2 Å². The largest absolute Gasteiger partial charge is 0.350 e. The quantitative estimate of drug-likeness (QED) is 0.563. The van der Waals surface area contributed by atoms with Gasteiger partial charge in [-0.1, -0.05) is 35.9 Å². The van der Waals surface area contributed by atoms with E-state index < -0.39 is 26.9 Å². The third kappa shape index (κ3) is 5.07. The number of sulfonamides is 1. The van der Waals surface area contributed by atoms with Gasteiger partial charge in [0.05, 0.1) is 16.9 Å². The SMILES string of the molecule is Cc1cccc(CNC(=O)[C@H](C)N(c2cc([N+](=O)[O-])ccc2C)S(C)(=O)=O)c1. The van der Waals surface area contributed by atoms with Crippen LogP contribution in [0.1, 0.15) is 23.6 Å². The Morgan fingerprint density at radius 3 is 2.46 bits per heavy atom. The minimum absolute atomic E-state index is 0.106. The number of nitro groups is 1. The van der Waals surface area contributed by atoms with Crippen molar-refractivity contribution >= 4 is 27.3 Å². The number of nitrogens with one attached hydrogen (secondary N) is 1. The van der Waals surface area contributed by atoms with Crippen molar-refractivity contribution in [3.63, 3.8) is 0 Å². The Morgan fingerprint density at radius 1 is 1.21 bits per heavy atom. The zero-order chi connectivity index (χ0) is 21.1. The van der Waals surface area contributed by atoms with Crippen LogP contribution in [0.5, 0.6) is 0 Å². The lowest BCUT2D eigenvalue weighted by atomic mass is 10.1. The lowest BCUT2D eigenvalue weighted by Crippen LogP contribution is -2.48. The number of aryl methyl sites for hydroxylation is 2. The highest BCUT2D eigenvalue weighted by atomic mass is 32.2. The molecule has 0 unspecified atom stereocenters. The summed E-state index contributed by atoms with van der Waals surface area (Å²) in [7, 11) is -3.87. The predicted molar refractivity (Wildman–Crippen MR) is 108 cm³/mol. The average Bonchev–Trinajstić information content (AvgIpc) is 2.60. The first-order valence-corrected chi connectivity index (χ1v) is 10.4. The topological polar surface area (TPSA) is 110 Å². The Hall–Kier alpha value is -2.94. The van der Waals surface area contributed by atoms with Crippen molar-refractivity contribution in [2.75, 3.05) is 10.6 Å². The summed E-state index contributed by atoms with van der Waals surface area (Å²) in [5.41, 5.74) is 2.30. The van der Waals surface area contributed by atoms with Gasteiger partial charge in [0.2, 0.25) is 15.9 Å². The monoisotopic (exact) mass is 405 g/mol. The molecule has 0 spiro atoms. The molecule has 2 aromatic rings. The van der Waals surface area contributed by atoms with Crippen molar-refractivity contribution in [3.05, 3.63) is 69.3 Å². The molecule has 0 fully saturated rings. The molecule has 1 amide bonds. The highest BCUT2D eigenvalue weighted by Crippen LogP contribution is 2.29. The van der Waals surface area contributed by atoms with E-state index in [-0.39, 0.29) is 17.9 Å². The van der Waals surface area contributed by atoms with Crippen LogP contribution in [0.15, 0.2) is 42.5 Å². The van der Waals surface area contributed by atoms with Crippen molar-refractivity contribution in [2.24, 2.45) is 0 Å². The van der Waals surface area contributed by atoms with Crippen LogP contribution in [0, 0.1) is 24.0 Å². The molecule has 9 heteroatoms. The highest BCUT2D eigenvalue weighted by Gasteiger charge is 2.31. The van der Waals surface area contributed by atoms with Gasteiger partial charge in [-0.25, -0.2) is 8.42 Å². The first kappa shape index (κ1) is 21.4. The normalized spacial score (nSPS) is 12.3. The number of anilines is 1. The average molecular weight is 405 g/mol. The molecule has 0 heterocycles. The summed E-state index contributed by atoms with van der Waals surface area (Å²) in [5, 5.41) is 13.8. The van der Waals surface area contributed by atoms with Gasteiger partial charge in [-0.2, -0.15) is 0 Å². The molecule has 1 atom stereocenters. The van der Waals surface area contributed by atoms with E-state index in [2.05, 4.69) is 5.32 Å². The fourth-order valence-electron chi connectivity index (χ4n) is 2.89. The lowest BCUT2D eigenvalue weighted by Gasteiger charge is -2.29. The number of nitro benzene ring substituents is 1. The molecule has 1 N–H and O–H groups in total. The van der Waals surface area contributed by atoms with Crippen molar-refractivity contribution in [1.82, 2.24) is 5.32 Å². The van der Waals surface area contributed by atoms with Crippen molar-refractivity contribution in [2.45, 2.75) is 33.4 Å². The van der Waals surface area contributed by atoms with E-state index in [1.165, 1.54) is 25.1 Å². The van der Waals surface area contributed by atoms with Gasteiger partial charge in [-0.15, -0.1) is 0 Å². The maximum atomic E-state index is 12.6. The molecule has 0 aliphatic rings. The van der Waals surface area contributed by atoms with Gasteiger partial charge in [0, 0.05) is 18.7 Å². The summed E-state index contributed by atoms with van der Waals surface area (Å²) in [6, 6.07) is 10.4. The van der Waals surface area contributed by atoms with Crippen molar-refractivity contribution < 1.29 is 18.1 Å². The molecule has 8 nitrogen and oxygen atoms in total. The van der Waals surface area contributed by atoms with Gasteiger partial charge >= 0.3 is 0 Å². The van der Waals surface area contributed by atoms with Crippen LogP contribution in [0.4, 0.5) is 11.4 Å². The molecular weight excluding hydrogens is 382 g/mol. The Bertz CT molecular complexity index is 1000. The number of carbonyl (C=O) groups is 1. The van der Waals surface area contributed by atoms with E-state index in [1.54, 1.807) is 6.92 Å². The molecule has 0 saturated carbocycles. The molecule has 0 aliphatic carbocycles. The van der Waals surface area contributed by atoms with Gasteiger partial charge in [-0.3, -0.25) is 19.2 Å². The third-order valence-electron chi connectivity index (χ3n) is 4.28. The van der Waals surface area contributed by atoms with Gasteiger partial charge in [0.15, 0.2) is 0 Å². The first-order chi connectivity index (χ1) is 13.0. The van der Waals surface area contributed by atoms with Crippen LogP contribution in [0.3, 0.4) is 0 Å². The zero-order valence-electron chi connectivity index (χ0n) is 16.2.